The molecule has 0 unspecified atom stereocenters. The van der Waals surface area contributed by atoms with E-state index in [9.17, 15) is 32.6 Å². The fraction of sp³-hybridized carbons (Fsp3) is 0.261. The minimum atomic E-state index is -4.70. The van der Waals surface area contributed by atoms with Gasteiger partial charge in [0, 0.05) is 37.0 Å². The average Bonchev–Trinajstić information content (AvgIpc) is 3.36. The monoisotopic (exact) mass is 476 g/mol. The number of hydrogen-bond donors (Lipinski definition) is 3. The second-order valence-electron chi connectivity index (χ2n) is 7.88. The van der Waals surface area contributed by atoms with E-state index in [0.717, 1.165) is 29.4 Å². The number of allylic oxidation sites excluding steroid dienone is 1. The maximum absolute atomic E-state index is 14.4. The highest BCUT2D eigenvalue weighted by Gasteiger charge is 2.37. The molecule has 0 spiro atoms. The number of nitrogens with zero attached hydrogens (tertiary/aromatic N) is 3. The highest BCUT2D eigenvalue weighted by Crippen LogP contribution is 2.35. The quantitative estimate of drug-likeness (QED) is 0.356. The summed E-state index contributed by atoms with van der Waals surface area (Å²) in [5, 5.41) is 21.8. The van der Waals surface area contributed by atoms with Crippen molar-refractivity contribution in [3.8, 4) is 0 Å². The molecule has 4 rings (SSSR count). The fourth-order valence-electron chi connectivity index (χ4n) is 3.81. The summed E-state index contributed by atoms with van der Waals surface area (Å²) >= 11 is 0. The normalized spacial score (nSPS) is 18.4. The van der Waals surface area contributed by atoms with E-state index >= 15 is 0 Å². The molecule has 2 heterocycles. The Morgan fingerprint density at radius 1 is 1.24 bits per heavy atom. The van der Waals surface area contributed by atoms with Crippen LogP contribution < -0.4 is 5.32 Å². The molecule has 2 atom stereocenters. The molecule has 0 fully saturated rings. The molecule has 3 N–H and O–H groups in total. The molecule has 0 bridgehead atoms. The largest absolute Gasteiger partial charge is 0.431 e. The molecular weight excluding hydrogens is 456 g/mol. The third-order valence-electron chi connectivity index (χ3n) is 5.57. The summed E-state index contributed by atoms with van der Waals surface area (Å²) in [6, 6.07) is 9.24. The number of anilines is 1. The van der Waals surface area contributed by atoms with Gasteiger partial charge in [0.25, 0.3) is 0 Å². The molecule has 0 saturated heterocycles. The summed E-state index contributed by atoms with van der Waals surface area (Å²) in [5.74, 6) is -2.58. The van der Waals surface area contributed by atoms with E-state index in [-0.39, 0.29) is 35.6 Å². The number of halogens is 4. The molecule has 1 aliphatic rings. The zero-order valence-corrected chi connectivity index (χ0v) is 17.6. The number of alkyl halides is 3. The zero-order chi connectivity index (χ0) is 24.5. The molecule has 2 aromatic heterocycles. The SMILES string of the molecule is O=C(c1cc(C(F)(F)F)n(Cc2ccccc2)c1)c1cncnc1NC1=C(F)[C@H](O)[C@@H](CO)C1. The average molecular weight is 476 g/mol. The Morgan fingerprint density at radius 3 is 2.62 bits per heavy atom. The lowest BCUT2D eigenvalue weighted by Crippen LogP contribution is -2.18. The summed E-state index contributed by atoms with van der Waals surface area (Å²) in [4.78, 5) is 20.9. The van der Waals surface area contributed by atoms with Crippen LogP contribution in [0.5, 0.6) is 0 Å². The van der Waals surface area contributed by atoms with Crippen LogP contribution in [0.2, 0.25) is 0 Å². The Hall–Kier alpha value is -3.57. The minimum absolute atomic E-state index is 0.0349. The van der Waals surface area contributed by atoms with E-state index in [0.29, 0.717) is 5.56 Å². The van der Waals surface area contributed by atoms with Gasteiger partial charge in [-0.3, -0.25) is 4.79 Å². The Morgan fingerprint density at radius 2 is 1.97 bits per heavy atom. The van der Waals surface area contributed by atoms with Crippen molar-refractivity contribution >= 4 is 11.6 Å². The molecule has 7 nitrogen and oxygen atoms in total. The summed E-state index contributed by atoms with van der Waals surface area (Å²) in [7, 11) is 0. The van der Waals surface area contributed by atoms with Gasteiger partial charge in [0.15, 0.2) is 5.78 Å². The number of ketones is 1. The van der Waals surface area contributed by atoms with E-state index in [2.05, 4.69) is 15.3 Å². The van der Waals surface area contributed by atoms with Gasteiger partial charge in [0.1, 0.15) is 29.8 Å². The predicted molar refractivity (Wildman–Crippen MR) is 113 cm³/mol. The third kappa shape index (κ3) is 4.70. The lowest BCUT2D eigenvalue weighted by atomic mass is 10.1. The number of benzene rings is 1. The maximum atomic E-state index is 14.4. The first kappa shape index (κ1) is 23.6. The first-order chi connectivity index (χ1) is 16.2. The van der Waals surface area contributed by atoms with Crippen LogP contribution in [0.1, 0.15) is 33.6 Å². The Bertz CT molecular complexity index is 1220. The van der Waals surface area contributed by atoms with Crippen molar-refractivity contribution in [3.63, 3.8) is 0 Å². The highest BCUT2D eigenvalue weighted by molar-refractivity contribution is 6.11. The van der Waals surface area contributed by atoms with Gasteiger partial charge in [-0.15, -0.1) is 0 Å². The van der Waals surface area contributed by atoms with Gasteiger partial charge in [0.2, 0.25) is 0 Å². The van der Waals surface area contributed by atoms with Gasteiger partial charge in [-0.1, -0.05) is 30.3 Å². The summed E-state index contributed by atoms with van der Waals surface area (Å²) < 4.78 is 56.3. The highest BCUT2D eigenvalue weighted by atomic mass is 19.4. The van der Waals surface area contributed by atoms with E-state index in [1.807, 2.05) is 0 Å². The summed E-state index contributed by atoms with van der Waals surface area (Å²) in [6.45, 7) is -0.553. The van der Waals surface area contributed by atoms with Crippen LogP contribution in [0.25, 0.3) is 0 Å². The molecule has 11 heteroatoms. The number of hydrogen-bond acceptors (Lipinski definition) is 6. The predicted octanol–water partition coefficient (Wildman–Crippen LogP) is 3.54. The van der Waals surface area contributed by atoms with Crippen molar-refractivity contribution in [2.75, 3.05) is 11.9 Å². The number of aliphatic hydroxyl groups is 2. The van der Waals surface area contributed by atoms with Crippen LogP contribution in [0.15, 0.2) is 66.6 Å². The van der Waals surface area contributed by atoms with Crippen LogP contribution in [0.3, 0.4) is 0 Å². The smallest absolute Gasteiger partial charge is 0.396 e. The maximum Gasteiger partial charge on any atom is 0.431 e. The van der Waals surface area contributed by atoms with Crippen molar-refractivity contribution < 1.29 is 32.6 Å². The number of nitrogens with one attached hydrogen (secondary N) is 1. The Kier molecular flexibility index (Phi) is 6.49. The van der Waals surface area contributed by atoms with E-state index in [4.69, 9.17) is 0 Å². The van der Waals surface area contributed by atoms with Gasteiger partial charge in [-0.05, 0) is 18.1 Å². The summed E-state index contributed by atoms with van der Waals surface area (Å²) in [6.07, 6.45) is -2.92. The van der Waals surface area contributed by atoms with Gasteiger partial charge in [-0.25, -0.2) is 14.4 Å². The molecule has 1 aliphatic carbocycles. The van der Waals surface area contributed by atoms with Crippen LogP contribution in [0.4, 0.5) is 23.4 Å². The number of carbonyl (C=O) groups is 1. The molecule has 0 saturated carbocycles. The first-order valence-electron chi connectivity index (χ1n) is 10.3. The summed E-state index contributed by atoms with van der Waals surface area (Å²) in [5.41, 5.74) is -0.861. The molecule has 0 amide bonds. The van der Waals surface area contributed by atoms with Crippen LogP contribution in [0, 0.1) is 5.92 Å². The van der Waals surface area contributed by atoms with Gasteiger partial charge in [-0.2, -0.15) is 13.2 Å². The lowest BCUT2D eigenvalue weighted by molar-refractivity contribution is -0.143. The number of aromatic nitrogens is 3. The molecule has 34 heavy (non-hydrogen) atoms. The van der Waals surface area contributed by atoms with Crippen LogP contribution in [-0.4, -0.2) is 43.2 Å². The van der Waals surface area contributed by atoms with Crippen molar-refractivity contribution in [2.45, 2.75) is 25.2 Å². The van der Waals surface area contributed by atoms with Crippen LogP contribution in [-0.2, 0) is 12.7 Å². The standard InChI is InChI=1S/C23H20F4N4O3/c24-19-17(6-15(11-32)21(19)34)30-22-16(8-28-12-29-22)20(33)14-7-18(23(25,26)27)31(10-14)9-13-4-2-1-3-5-13/h1-5,7-8,10,12,15,21,32,34H,6,9,11H2,(H,28,29,30)/t15-,21-/m1/s1. The molecule has 178 valence electrons. The second-order valence-corrected chi connectivity index (χ2v) is 7.88. The first-order valence-corrected chi connectivity index (χ1v) is 10.3. The van der Waals surface area contributed by atoms with Gasteiger partial charge >= 0.3 is 6.18 Å². The third-order valence-corrected chi connectivity index (χ3v) is 5.57. The topological polar surface area (TPSA) is 100 Å². The Labute approximate surface area is 191 Å². The second kappa shape index (κ2) is 9.35. The van der Waals surface area contributed by atoms with Gasteiger partial charge in [0.05, 0.1) is 11.3 Å². The lowest BCUT2D eigenvalue weighted by Gasteiger charge is -2.11. The van der Waals surface area contributed by atoms with Crippen molar-refractivity contribution in [1.29, 1.82) is 0 Å². The van der Waals surface area contributed by atoms with Crippen molar-refractivity contribution in [3.05, 3.63) is 89.0 Å². The van der Waals surface area contributed by atoms with E-state index < -0.39 is 42.1 Å². The van der Waals surface area contributed by atoms with Crippen molar-refractivity contribution in [1.82, 2.24) is 14.5 Å². The molecular formula is C23H20F4N4O3. The Balaban J connectivity index is 1.66. The molecule has 0 aliphatic heterocycles. The molecule has 3 aromatic rings. The molecule has 0 radical (unpaired) electrons. The number of carbonyl (C=O) groups excluding carboxylic acids is 1. The minimum Gasteiger partial charge on any atom is -0.396 e. The van der Waals surface area contributed by atoms with Crippen molar-refractivity contribution in [2.24, 2.45) is 5.92 Å². The van der Waals surface area contributed by atoms with E-state index in [1.54, 1.807) is 30.3 Å². The number of aliphatic hydroxyl groups excluding tert-OH is 2. The molecule has 1 aromatic carbocycles. The number of rotatable bonds is 7. The van der Waals surface area contributed by atoms with E-state index in [1.165, 1.54) is 0 Å². The van der Waals surface area contributed by atoms with Gasteiger partial charge < -0.3 is 20.1 Å². The van der Waals surface area contributed by atoms with Crippen LogP contribution >= 0.6 is 0 Å². The zero-order valence-electron chi connectivity index (χ0n) is 17.6. The fourth-order valence-corrected chi connectivity index (χ4v) is 3.81.